The van der Waals surface area contributed by atoms with E-state index in [0.29, 0.717) is 12.0 Å². The third-order valence-corrected chi connectivity index (χ3v) is 2.49. The average molecular weight is 240 g/mol. The first-order chi connectivity index (χ1) is 8.15. The van der Waals surface area contributed by atoms with Crippen molar-refractivity contribution in [1.82, 2.24) is 0 Å². The third-order valence-electron chi connectivity index (χ3n) is 2.49. The Bertz CT molecular complexity index is 365. The molecule has 17 heavy (non-hydrogen) atoms. The van der Waals surface area contributed by atoms with Crippen LogP contribution in [0.5, 0.6) is 0 Å². The minimum absolute atomic E-state index is 0.00659. The topological polar surface area (TPSA) is 46.5 Å². The van der Waals surface area contributed by atoms with Gasteiger partial charge in [-0.15, -0.1) is 0 Å². The largest absolute Gasteiger partial charge is 0.479 e. The van der Waals surface area contributed by atoms with Gasteiger partial charge in [0, 0.05) is 5.56 Å². The van der Waals surface area contributed by atoms with Crippen LogP contribution in [0.2, 0.25) is 0 Å². The number of aliphatic carboxylic acids is 1. The molecule has 0 spiro atoms. The number of rotatable bonds is 7. The number of halogens is 1. The Hall–Kier alpha value is -1.42. The van der Waals surface area contributed by atoms with Gasteiger partial charge in [-0.3, -0.25) is 0 Å². The summed E-state index contributed by atoms with van der Waals surface area (Å²) in [6, 6.07) is 6.21. The molecular weight excluding hydrogens is 223 g/mol. The summed E-state index contributed by atoms with van der Waals surface area (Å²) in [6.45, 7) is 1.98. The summed E-state index contributed by atoms with van der Waals surface area (Å²) < 4.78 is 18.5. The molecule has 0 bridgehead atoms. The molecule has 0 aliphatic heterocycles. The highest BCUT2D eigenvalue weighted by Crippen LogP contribution is 2.12. The number of ether oxygens (including phenoxy) is 1. The monoisotopic (exact) mass is 240 g/mol. The molecule has 0 amide bonds. The van der Waals surface area contributed by atoms with Gasteiger partial charge >= 0.3 is 5.97 Å². The van der Waals surface area contributed by atoms with Crippen LogP contribution in [0.25, 0.3) is 0 Å². The van der Waals surface area contributed by atoms with Crippen LogP contribution in [0.1, 0.15) is 31.7 Å². The van der Waals surface area contributed by atoms with Crippen molar-refractivity contribution in [3.05, 3.63) is 35.6 Å². The molecule has 0 aromatic heterocycles. The van der Waals surface area contributed by atoms with Crippen molar-refractivity contribution in [3.63, 3.8) is 0 Å². The van der Waals surface area contributed by atoms with E-state index < -0.39 is 12.1 Å². The fourth-order valence-corrected chi connectivity index (χ4v) is 1.47. The average Bonchev–Trinajstić information content (AvgIpc) is 2.31. The van der Waals surface area contributed by atoms with Crippen molar-refractivity contribution >= 4 is 5.97 Å². The highest BCUT2D eigenvalue weighted by molar-refractivity contribution is 5.72. The highest BCUT2D eigenvalue weighted by Gasteiger charge is 2.17. The van der Waals surface area contributed by atoms with E-state index in [9.17, 15) is 9.18 Å². The van der Waals surface area contributed by atoms with Crippen molar-refractivity contribution in [1.29, 1.82) is 0 Å². The van der Waals surface area contributed by atoms with E-state index in [1.807, 2.05) is 6.92 Å². The van der Waals surface area contributed by atoms with Gasteiger partial charge in [-0.25, -0.2) is 9.18 Å². The Kier molecular flexibility index (Phi) is 5.63. The van der Waals surface area contributed by atoms with Crippen molar-refractivity contribution in [3.8, 4) is 0 Å². The van der Waals surface area contributed by atoms with Crippen molar-refractivity contribution in [2.45, 2.75) is 38.9 Å². The first-order valence-electron chi connectivity index (χ1n) is 5.73. The van der Waals surface area contributed by atoms with Gasteiger partial charge in [-0.2, -0.15) is 0 Å². The number of carbonyl (C=O) groups is 1. The molecule has 1 aromatic carbocycles. The second-order valence-electron chi connectivity index (χ2n) is 3.87. The van der Waals surface area contributed by atoms with Gasteiger partial charge in [0.05, 0.1) is 6.61 Å². The molecule has 4 heteroatoms. The number of benzene rings is 1. The predicted molar refractivity (Wildman–Crippen MR) is 62.1 cm³/mol. The summed E-state index contributed by atoms with van der Waals surface area (Å²) >= 11 is 0. The lowest BCUT2D eigenvalue weighted by Crippen LogP contribution is -2.23. The molecule has 0 aliphatic carbocycles. The first kappa shape index (κ1) is 13.6. The van der Waals surface area contributed by atoms with Crippen LogP contribution in [0.15, 0.2) is 24.3 Å². The first-order valence-corrected chi connectivity index (χ1v) is 5.73. The van der Waals surface area contributed by atoms with E-state index in [1.54, 1.807) is 18.2 Å². The molecule has 1 atom stereocenters. The number of carboxylic acids is 1. The van der Waals surface area contributed by atoms with E-state index in [1.165, 1.54) is 6.07 Å². The zero-order chi connectivity index (χ0) is 12.7. The lowest BCUT2D eigenvalue weighted by molar-refractivity contribution is -0.151. The SMILES string of the molecule is CCCCC(OCc1ccccc1F)C(=O)O. The van der Waals surface area contributed by atoms with Crippen LogP contribution in [0.4, 0.5) is 4.39 Å². The summed E-state index contributed by atoms with van der Waals surface area (Å²) in [4.78, 5) is 10.9. The zero-order valence-corrected chi connectivity index (χ0v) is 9.86. The summed E-state index contributed by atoms with van der Waals surface area (Å²) in [6.07, 6.45) is 1.30. The predicted octanol–water partition coefficient (Wildman–Crippen LogP) is 2.99. The summed E-state index contributed by atoms with van der Waals surface area (Å²) in [5.74, 6) is -1.36. The molecule has 1 N–H and O–H groups in total. The fraction of sp³-hybridized carbons (Fsp3) is 0.462. The molecule has 1 aromatic rings. The molecule has 0 fully saturated rings. The molecule has 1 rings (SSSR count). The Morgan fingerprint density at radius 2 is 2.18 bits per heavy atom. The Morgan fingerprint density at radius 3 is 2.76 bits per heavy atom. The summed E-state index contributed by atoms with van der Waals surface area (Å²) in [5.41, 5.74) is 0.384. The highest BCUT2D eigenvalue weighted by atomic mass is 19.1. The maximum Gasteiger partial charge on any atom is 0.332 e. The van der Waals surface area contributed by atoms with Gasteiger partial charge in [-0.1, -0.05) is 38.0 Å². The Morgan fingerprint density at radius 1 is 1.47 bits per heavy atom. The van der Waals surface area contributed by atoms with Crippen molar-refractivity contribution < 1.29 is 19.0 Å². The third kappa shape index (κ3) is 4.53. The van der Waals surface area contributed by atoms with Gasteiger partial charge in [0.25, 0.3) is 0 Å². The van der Waals surface area contributed by atoms with Gasteiger partial charge < -0.3 is 9.84 Å². The van der Waals surface area contributed by atoms with Gasteiger partial charge in [0.1, 0.15) is 5.82 Å². The lowest BCUT2D eigenvalue weighted by Gasteiger charge is -2.13. The summed E-state index contributed by atoms with van der Waals surface area (Å²) in [5, 5.41) is 8.93. The Balaban J connectivity index is 2.52. The summed E-state index contributed by atoms with van der Waals surface area (Å²) in [7, 11) is 0. The van der Waals surface area contributed by atoms with Gasteiger partial charge in [0.2, 0.25) is 0 Å². The van der Waals surface area contributed by atoms with Crippen LogP contribution < -0.4 is 0 Å². The van der Waals surface area contributed by atoms with Gasteiger partial charge in [-0.05, 0) is 12.5 Å². The number of hydrogen-bond acceptors (Lipinski definition) is 2. The smallest absolute Gasteiger partial charge is 0.332 e. The fourth-order valence-electron chi connectivity index (χ4n) is 1.47. The molecular formula is C13H17FO3. The molecule has 0 radical (unpaired) electrons. The molecule has 1 unspecified atom stereocenters. The lowest BCUT2D eigenvalue weighted by atomic mass is 10.1. The van der Waals surface area contributed by atoms with E-state index in [0.717, 1.165) is 12.8 Å². The zero-order valence-electron chi connectivity index (χ0n) is 9.86. The van der Waals surface area contributed by atoms with Crippen LogP contribution in [-0.4, -0.2) is 17.2 Å². The second-order valence-corrected chi connectivity index (χ2v) is 3.87. The van der Waals surface area contributed by atoms with Crippen molar-refractivity contribution in [2.24, 2.45) is 0 Å². The van der Waals surface area contributed by atoms with E-state index in [2.05, 4.69) is 0 Å². The number of hydrogen-bond donors (Lipinski definition) is 1. The quantitative estimate of drug-likeness (QED) is 0.797. The molecule has 0 saturated carbocycles. The Labute approximate surface area is 100 Å². The minimum Gasteiger partial charge on any atom is -0.479 e. The molecule has 0 heterocycles. The standard InChI is InChI=1S/C13H17FO3/c1-2-3-8-12(13(15)16)17-9-10-6-4-5-7-11(10)14/h4-7,12H,2-3,8-9H2,1H3,(H,15,16). The van der Waals surface area contributed by atoms with Crippen LogP contribution in [-0.2, 0) is 16.1 Å². The van der Waals surface area contributed by atoms with Crippen LogP contribution in [0.3, 0.4) is 0 Å². The maximum absolute atomic E-state index is 13.3. The minimum atomic E-state index is -0.991. The molecule has 0 aliphatic rings. The van der Waals surface area contributed by atoms with E-state index >= 15 is 0 Å². The van der Waals surface area contributed by atoms with Crippen molar-refractivity contribution in [2.75, 3.05) is 0 Å². The molecule has 94 valence electrons. The van der Waals surface area contributed by atoms with E-state index in [4.69, 9.17) is 9.84 Å². The number of unbranched alkanes of at least 4 members (excludes halogenated alkanes) is 1. The second kappa shape index (κ2) is 7.01. The number of carboxylic acid groups (broad SMARTS) is 1. The van der Waals surface area contributed by atoms with Crippen LogP contribution >= 0.6 is 0 Å². The van der Waals surface area contributed by atoms with Gasteiger partial charge in [0.15, 0.2) is 6.10 Å². The van der Waals surface area contributed by atoms with Crippen LogP contribution in [0, 0.1) is 5.82 Å². The van der Waals surface area contributed by atoms with E-state index in [-0.39, 0.29) is 12.4 Å². The normalized spacial score (nSPS) is 12.4. The molecule has 3 nitrogen and oxygen atoms in total. The maximum atomic E-state index is 13.3. The molecule has 0 saturated heterocycles.